The second-order valence-corrected chi connectivity index (χ2v) is 9.01. The monoisotopic (exact) mass is 475 g/mol. The highest BCUT2D eigenvalue weighted by molar-refractivity contribution is 5.87. The molecule has 1 fully saturated rings. The van der Waals surface area contributed by atoms with E-state index in [-0.39, 0.29) is 18.4 Å². The second kappa shape index (κ2) is 9.86. The standard InChI is InChI=1S/C28H27F2N3O2/c1-35-23-12-10-19(11-13-23)27(28(34)31-22-6-2-3-7-22)33-25-9-5-4-8-24(25)32-26(33)16-18-14-20(29)17-21(30)15-18/h4-5,8-15,17,22,27H,2-3,6-7,16H2,1H3,(H,31,34). The first kappa shape index (κ1) is 23.0. The number of carbonyl (C=O) groups excluding carboxylic acids is 1. The predicted octanol–water partition coefficient (Wildman–Crippen LogP) is 5.56. The number of carbonyl (C=O) groups is 1. The zero-order valence-corrected chi connectivity index (χ0v) is 19.5. The molecular formula is C28H27F2N3O2. The molecule has 7 heteroatoms. The summed E-state index contributed by atoms with van der Waals surface area (Å²) in [6.45, 7) is 0. The number of aromatic nitrogens is 2. The molecule has 1 N–H and O–H groups in total. The maximum Gasteiger partial charge on any atom is 0.247 e. The number of methoxy groups -OCH3 is 1. The summed E-state index contributed by atoms with van der Waals surface area (Å²) in [6.07, 6.45) is 4.29. The van der Waals surface area contributed by atoms with Crippen molar-refractivity contribution in [2.24, 2.45) is 0 Å². The van der Waals surface area contributed by atoms with Crippen molar-refractivity contribution in [2.45, 2.75) is 44.2 Å². The first-order chi connectivity index (χ1) is 17.0. The van der Waals surface area contributed by atoms with Gasteiger partial charge in [-0.3, -0.25) is 4.79 Å². The number of ether oxygens (including phenoxy) is 1. The number of hydrogen-bond acceptors (Lipinski definition) is 3. The molecule has 1 aromatic heterocycles. The lowest BCUT2D eigenvalue weighted by molar-refractivity contribution is -0.123. The molecule has 5 rings (SSSR count). The van der Waals surface area contributed by atoms with Crippen molar-refractivity contribution in [1.29, 1.82) is 0 Å². The van der Waals surface area contributed by atoms with Crippen molar-refractivity contribution in [1.82, 2.24) is 14.9 Å². The van der Waals surface area contributed by atoms with Crippen LogP contribution in [-0.2, 0) is 11.2 Å². The summed E-state index contributed by atoms with van der Waals surface area (Å²) in [5.74, 6) is -0.174. The molecule has 1 amide bonds. The first-order valence-electron chi connectivity index (χ1n) is 11.9. The Morgan fingerprint density at radius 3 is 2.43 bits per heavy atom. The zero-order valence-electron chi connectivity index (χ0n) is 19.5. The molecule has 0 aliphatic heterocycles. The number of amides is 1. The summed E-state index contributed by atoms with van der Waals surface area (Å²) in [7, 11) is 1.60. The van der Waals surface area contributed by atoms with Gasteiger partial charge in [-0.2, -0.15) is 0 Å². The predicted molar refractivity (Wildman–Crippen MR) is 130 cm³/mol. The number of rotatable bonds is 7. The third kappa shape index (κ3) is 4.90. The summed E-state index contributed by atoms with van der Waals surface area (Å²) >= 11 is 0. The number of hydrogen-bond donors (Lipinski definition) is 1. The molecule has 0 radical (unpaired) electrons. The topological polar surface area (TPSA) is 56.1 Å². The quantitative estimate of drug-likeness (QED) is 0.381. The second-order valence-electron chi connectivity index (χ2n) is 9.01. The number of halogens is 2. The van der Waals surface area contributed by atoms with Gasteiger partial charge in [-0.15, -0.1) is 0 Å². The van der Waals surface area contributed by atoms with E-state index >= 15 is 0 Å². The molecule has 1 aliphatic carbocycles. The molecule has 5 nitrogen and oxygen atoms in total. The van der Waals surface area contributed by atoms with Gasteiger partial charge in [0.25, 0.3) is 0 Å². The highest BCUT2D eigenvalue weighted by Gasteiger charge is 2.30. The van der Waals surface area contributed by atoms with E-state index in [1.807, 2.05) is 53.1 Å². The van der Waals surface area contributed by atoms with Gasteiger partial charge in [0.1, 0.15) is 29.3 Å². The van der Waals surface area contributed by atoms with Crippen molar-refractivity contribution >= 4 is 16.9 Å². The van der Waals surface area contributed by atoms with Gasteiger partial charge in [-0.25, -0.2) is 13.8 Å². The average Bonchev–Trinajstić information content (AvgIpc) is 3.47. The van der Waals surface area contributed by atoms with Crippen LogP contribution in [0.25, 0.3) is 11.0 Å². The summed E-state index contributed by atoms with van der Waals surface area (Å²) < 4.78 is 35.1. The van der Waals surface area contributed by atoms with Crippen LogP contribution < -0.4 is 10.1 Å². The van der Waals surface area contributed by atoms with E-state index in [0.29, 0.717) is 22.7 Å². The maximum absolute atomic E-state index is 13.9. The van der Waals surface area contributed by atoms with Crippen molar-refractivity contribution in [2.75, 3.05) is 7.11 Å². The van der Waals surface area contributed by atoms with Gasteiger partial charge in [0, 0.05) is 18.5 Å². The summed E-state index contributed by atoms with van der Waals surface area (Å²) in [5.41, 5.74) is 2.72. The Labute approximate surface area is 202 Å². The van der Waals surface area contributed by atoms with Gasteiger partial charge in [-0.05, 0) is 60.4 Å². The fourth-order valence-corrected chi connectivity index (χ4v) is 4.96. The molecule has 0 bridgehead atoms. The number of nitrogens with zero attached hydrogens (tertiary/aromatic N) is 2. The van der Waals surface area contributed by atoms with Crippen LogP contribution >= 0.6 is 0 Å². The number of imidazole rings is 1. The molecule has 1 heterocycles. The fraction of sp³-hybridized carbons (Fsp3) is 0.286. The SMILES string of the molecule is COc1ccc(C(C(=O)NC2CCCC2)n2c(Cc3cc(F)cc(F)c3)nc3ccccc32)cc1. The summed E-state index contributed by atoms with van der Waals surface area (Å²) in [5, 5.41) is 3.23. The molecule has 1 aliphatic rings. The van der Waals surface area contributed by atoms with E-state index in [1.54, 1.807) is 7.11 Å². The third-order valence-electron chi connectivity index (χ3n) is 6.59. The molecule has 35 heavy (non-hydrogen) atoms. The highest BCUT2D eigenvalue weighted by atomic mass is 19.1. The Hall–Kier alpha value is -3.74. The minimum atomic E-state index is -0.706. The van der Waals surface area contributed by atoms with Crippen LogP contribution in [0, 0.1) is 11.6 Å². The minimum absolute atomic E-state index is 0.128. The minimum Gasteiger partial charge on any atom is -0.497 e. The largest absolute Gasteiger partial charge is 0.497 e. The number of fused-ring (bicyclic) bond motifs is 1. The van der Waals surface area contributed by atoms with Crippen molar-refractivity contribution < 1.29 is 18.3 Å². The van der Waals surface area contributed by atoms with E-state index in [1.165, 1.54) is 12.1 Å². The Morgan fingerprint density at radius 2 is 1.74 bits per heavy atom. The molecule has 3 aromatic carbocycles. The molecule has 0 saturated heterocycles. The van der Waals surface area contributed by atoms with E-state index in [4.69, 9.17) is 9.72 Å². The average molecular weight is 476 g/mol. The lowest BCUT2D eigenvalue weighted by Crippen LogP contribution is -2.39. The van der Waals surface area contributed by atoms with Crippen molar-refractivity contribution in [3.63, 3.8) is 0 Å². The van der Waals surface area contributed by atoms with Gasteiger partial charge in [0.2, 0.25) is 5.91 Å². The van der Waals surface area contributed by atoms with E-state index in [2.05, 4.69) is 5.32 Å². The van der Waals surface area contributed by atoms with Gasteiger partial charge in [0.15, 0.2) is 0 Å². The third-order valence-corrected chi connectivity index (χ3v) is 6.59. The Morgan fingerprint density at radius 1 is 1.06 bits per heavy atom. The molecule has 4 aromatic rings. The smallest absolute Gasteiger partial charge is 0.247 e. The zero-order chi connectivity index (χ0) is 24.4. The van der Waals surface area contributed by atoms with Crippen molar-refractivity contribution in [3.05, 3.63) is 95.3 Å². The van der Waals surface area contributed by atoms with Gasteiger partial charge in [0.05, 0.1) is 18.1 Å². The van der Waals surface area contributed by atoms with E-state index in [9.17, 15) is 13.6 Å². The molecule has 180 valence electrons. The van der Waals surface area contributed by atoms with Crippen LogP contribution in [-0.4, -0.2) is 28.6 Å². The number of nitrogens with one attached hydrogen (secondary N) is 1. The van der Waals surface area contributed by atoms with Crippen LogP contribution in [0.1, 0.15) is 48.7 Å². The van der Waals surface area contributed by atoms with Crippen LogP contribution in [0.2, 0.25) is 0 Å². The fourth-order valence-electron chi connectivity index (χ4n) is 4.96. The molecule has 1 unspecified atom stereocenters. The Kier molecular flexibility index (Phi) is 6.49. The lowest BCUT2D eigenvalue weighted by Gasteiger charge is -2.24. The summed E-state index contributed by atoms with van der Waals surface area (Å²) in [4.78, 5) is 18.6. The van der Waals surface area contributed by atoms with E-state index < -0.39 is 17.7 Å². The Balaban J connectivity index is 1.64. The first-order valence-corrected chi connectivity index (χ1v) is 11.9. The van der Waals surface area contributed by atoms with Crippen LogP contribution in [0.4, 0.5) is 8.78 Å². The highest BCUT2D eigenvalue weighted by Crippen LogP contribution is 2.30. The normalized spacial score (nSPS) is 14.8. The summed E-state index contributed by atoms with van der Waals surface area (Å²) in [6, 6.07) is 17.8. The lowest BCUT2D eigenvalue weighted by atomic mass is 10.0. The van der Waals surface area contributed by atoms with E-state index in [0.717, 1.165) is 42.8 Å². The van der Waals surface area contributed by atoms with Gasteiger partial charge >= 0.3 is 0 Å². The Bertz CT molecular complexity index is 1320. The van der Waals surface area contributed by atoms with Crippen LogP contribution in [0.15, 0.2) is 66.7 Å². The van der Waals surface area contributed by atoms with Crippen LogP contribution in [0.3, 0.4) is 0 Å². The van der Waals surface area contributed by atoms with Gasteiger partial charge < -0.3 is 14.6 Å². The molecule has 1 atom stereocenters. The molecular weight excluding hydrogens is 448 g/mol. The maximum atomic E-state index is 13.9. The van der Waals surface area contributed by atoms with Crippen LogP contribution in [0.5, 0.6) is 5.75 Å². The number of para-hydroxylation sites is 2. The molecule has 0 spiro atoms. The number of benzene rings is 3. The molecule has 1 saturated carbocycles. The van der Waals surface area contributed by atoms with Gasteiger partial charge in [-0.1, -0.05) is 37.1 Å². The van der Waals surface area contributed by atoms with Crippen molar-refractivity contribution in [3.8, 4) is 5.75 Å².